The minimum Gasteiger partial charge on any atom is -0.457 e. The van der Waals surface area contributed by atoms with Gasteiger partial charge in [-0.15, -0.1) is 0 Å². The number of ether oxygens (including phenoxy) is 1. The summed E-state index contributed by atoms with van der Waals surface area (Å²) in [4.78, 5) is 32.0. The molecule has 0 saturated heterocycles. The van der Waals surface area contributed by atoms with Crippen molar-refractivity contribution in [2.45, 2.75) is 39.7 Å². The largest absolute Gasteiger partial charge is 0.457 e. The number of hydrogen-bond acceptors (Lipinski definition) is 6. The molecule has 0 N–H and O–H groups in total. The van der Waals surface area contributed by atoms with E-state index < -0.39 is 21.5 Å². The van der Waals surface area contributed by atoms with Crippen molar-refractivity contribution < 1.29 is 19.4 Å². The second-order valence-corrected chi connectivity index (χ2v) is 4.93. The number of nitrogens with zero attached hydrogens (tertiary/aromatic N) is 2. The average molecular weight is 322 g/mol. The van der Waals surface area contributed by atoms with E-state index in [0.717, 1.165) is 31.4 Å². The molecule has 1 rings (SSSR count). The van der Waals surface area contributed by atoms with Crippen LogP contribution in [0.3, 0.4) is 0 Å². The van der Waals surface area contributed by atoms with Crippen LogP contribution in [0.2, 0.25) is 0 Å². The molecule has 8 nitrogen and oxygen atoms in total. The maximum atomic E-state index is 11.8. The van der Waals surface area contributed by atoms with Crippen LogP contribution in [-0.2, 0) is 16.1 Å². The normalized spacial score (nSPS) is 11.1. The zero-order chi connectivity index (χ0) is 17.4. The quantitative estimate of drug-likeness (QED) is 0.237. The maximum absolute atomic E-state index is 11.8. The van der Waals surface area contributed by atoms with E-state index in [2.05, 4.69) is 0 Å². The van der Waals surface area contributed by atoms with Crippen molar-refractivity contribution in [1.82, 2.24) is 0 Å². The number of esters is 1. The molecule has 124 valence electrons. The summed E-state index contributed by atoms with van der Waals surface area (Å²) in [5.74, 6) is -0.561. The van der Waals surface area contributed by atoms with E-state index in [9.17, 15) is 25.0 Å². The molecule has 0 amide bonds. The van der Waals surface area contributed by atoms with E-state index in [4.69, 9.17) is 4.74 Å². The highest BCUT2D eigenvalue weighted by atomic mass is 16.6. The number of unbranched alkanes of at least 4 members (excludes halogenated alkanes) is 2. The Kier molecular flexibility index (Phi) is 6.85. The molecule has 0 aromatic heterocycles. The molecule has 0 heterocycles. The molecule has 0 aliphatic rings. The lowest BCUT2D eigenvalue weighted by atomic mass is 10.1. The molecule has 0 unspecified atom stereocenters. The first-order chi connectivity index (χ1) is 10.9. The van der Waals surface area contributed by atoms with Crippen LogP contribution in [0.1, 0.15) is 38.7 Å². The highest BCUT2D eigenvalue weighted by Crippen LogP contribution is 2.25. The zero-order valence-electron chi connectivity index (χ0n) is 13.0. The number of allylic oxidation sites excluding steroid dienone is 1. The predicted molar refractivity (Wildman–Crippen MR) is 82.8 cm³/mol. The molecule has 1 aromatic carbocycles. The summed E-state index contributed by atoms with van der Waals surface area (Å²) in [6.07, 6.45) is 4.48. The van der Waals surface area contributed by atoms with Gasteiger partial charge in [0.25, 0.3) is 11.4 Å². The van der Waals surface area contributed by atoms with Crippen molar-refractivity contribution in [3.8, 4) is 0 Å². The summed E-state index contributed by atoms with van der Waals surface area (Å²) in [5.41, 5.74) is -0.291. The summed E-state index contributed by atoms with van der Waals surface area (Å²) in [6, 6.07) is 3.22. The fourth-order valence-electron chi connectivity index (χ4n) is 1.82. The minimum absolute atomic E-state index is 0.107. The van der Waals surface area contributed by atoms with E-state index in [-0.39, 0.29) is 17.9 Å². The first kappa shape index (κ1) is 18.3. The van der Waals surface area contributed by atoms with Gasteiger partial charge >= 0.3 is 5.97 Å². The second kappa shape index (κ2) is 8.62. The summed E-state index contributed by atoms with van der Waals surface area (Å²) in [7, 11) is 0. The Morgan fingerprint density at radius 1 is 1.26 bits per heavy atom. The van der Waals surface area contributed by atoms with Crippen molar-refractivity contribution in [2.24, 2.45) is 0 Å². The Hall–Kier alpha value is -2.77. The number of non-ortho nitro benzene ring substituents is 1. The summed E-state index contributed by atoms with van der Waals surface area (Å²) >= 11 is 0. The first-order valence-corrected chi connectivity index (χ1v) is 7.12. The smallest absolute Gasteiger partial charge is 0.333 e. The van der Waals surface area contributed by atoms with Crippen LogP contribution in [0.15, 0.2) is 29.8 Å². The second-order valence-electron chi connectivity index (χ2n) is 4.93. The standard InChI is InChI=1S/C15H18N2O6/c1-3-4-5-6-11(2)15(18)23-10-12-7-8-13(16(19)20)9-14(12)17(21)22/h6-9H,3-5,10H2,1-2H3/b11-6-. The number of rotatable bonds is 8. The van der Waals surface area contributed by atoms with E-state index in [1.54, 1.807) is 13.0 Å². The summed E-state index contributed by atoms with van der Waals surface area (Å²) < 4.78 is 5.03. The van der Waals surface area contributed by atoms with Crippen molar-refractivity contribution in [1.29, 1.82) is 0 Å². The van der Waals surface area contributed by atoms with Gasteiger partial charge in [0.2, 0.25) is 0 Å². The van der Waals surface area contributed by atoms with Gasteiger partial charge in [0.15, 0.2) is 0 Å². The van der Waals surface area contributed by atoms with Crippen molar-refractivity contribution >= 4 is 17.3 Å². The molecular weight excluding hydrogens is 304 g/mol. The lowest BCUT2D eigenvalue weighted by molar-refractivity contribution is -0.394. The number of benzene rings is 1. The third-order valence-corrected chi connectivity index (χ3v) is 3.17. The monoisotopic (exact) mass is 322 g/mol. The Bertz CT molecular complexity index is 639. The van der Waals surface area contributed by atoms with Gasteiger partial charge in [-0.1, -0.05) is 25.8 Å². The van der Waals surface area contributed by atoms with Crippen LogP contribution in [-0.4, -0.2) is 15.8 Å². The van der Waals surface area contributed by atoms with Gasteiger partial charge in [-0.3, -0.25) is 20.2 Å². The number of carbonyl (C=O) groups excluding carboxylic acids is 1. The molecule has 0 bridgehead atoms. The molecule has 0 fully saturated rings. The van der Waals surface area contributed by atoms with Gasteiger partial charge < -0.3 is 4.74 Å². The van der Waals surface area contributed by atoms with Gasteiger partial charge in [-0.2, -0.15) is 0 Å². The topological polar surface area (TPSA) is 113 Å². The molecule has 23 heavy (non-hydrogen) atoms. The van der Waals surface area contributed by atoms with Crippen LogP contribution < -0.4 is 0 Å². The molecule has 1 aromatic rings. The molecule has 0 aliphatic carbocycles. The number of nitro groups is 2. The summed E-state index contributed by atoms with van der Waals surface area (Å²) in [5, 5.41) is 21.6. The Morgan fingerprint density at radius 2 is 1.96 bits per heavy atom. The van der Waals surface area contributed by atoms with Crippen molar-refractivity contribution in [3.05, 3.63) is 55.6 Å². The van der Waals surface area contributed by atoms with Crippen LogP contribution in [0.5, 0.6) is 0 Å². The third kappa shape index (κ3) is 5.50. The SMILES string of the molecule is CCCC/C=C(/C)C(=O)OCc1ccc([N+](=O)[O-])cc1[N+](=O)[O-]. The van der Waals surface area contributed by atoms with Crippen molar-refractivity contribution in [3.63, 3.8) is 0 Å². The van der Waals surface area contributed by atoms with E-state index >= 15 is 0 Å². The first-order valence-electron chi connectivity index (χ1n) is 7.12. The molecule has 0 saturated carbocycles. The fraction of sp³-hybridized carbons (Fsp3) is 0.400. The van der Waals surface area contributed by atoms with Gasteiger partial charge in [0.05, 0.1) is 21.5 Å². The molecule has 0 aliphatic heterocycles. The van der Waals surface area contributed by atoms with Gasteiger partial charge in [0.1, 0.15) is 6.61 Å². The molecule has 0 radical (unpaired) electrons. The number of hydrogen-bond donors (Lipinski definition) is 0. The maximum Gasteiger partial charge on any atom is 0.333 e. The molecular formula is C15H18N2O6. The van der Waals surface area contributed by atoms with Gasteiger partial charge in [0, 0.05) is 11.6 Å². The van der Waals surface area contributed by atoms with E-state index in [1.807, 2.05) is 6.92 Å². The number of carbonyl (C=O) groups is 1. The minimum atomic E-state index is -0.736. The van der Waals surface area contributed by atoms with Crippen LogP contribution >= 0.6 is 0 Å². The highest BCUT2D eigenvalue weighted by Gasteiger charge is 2.20. The predicted octanol–water partition coefficient (Wildman–Crippen LogP) is 3.68. The van der Waals surface area contributed by atoms with Crippen LogP contribution in [0.25, 0.3) is 0 Å². The summed E-state index contributed by atoms with van der Waals surface area (Å²) in [6.45, 7) is 3.34. The Morgan fingerprint density at radius 3 is 2.52 bits per heavy atom. The number of nitro benzene ring substituents is 2. The lowest BCUT2D eigenvalue weighted by Crippen LogP contribution is -2.07. The third-order valence-electron chi connectivity index (χ3n) is 3.17. The Balaban J connectivity index is 2.81. The van der Waals surface area contributed by atoms with Crippen molar-refractivity contribution in [2.75, 3.05) is 0 Å². The Labute approximate surface area is 133 Å². The van der Waals surface area contributed by atoms with Gasteiger partial charge in [-0.05, 0) is 19.4 Å². The van der Waals surface area contributed by atoms with Crippen LogP contribution in [0, 0.1) is 20.2 Å². The molecule has 8 heteroatoms. The fourth-order valence-corrected chi connectivity index (χ4v) is 1.82. The van der Waals surface area contributed by atoms with Gasteiger partial charge in [-0.25, -0.2) is 4.79 Å². The molecule has 0 atom stereocenters. The average Bonchev–Trinajstić information content (AvgIpc) is 2.52. The van der Waals surface area contributed by atoms with Crippen LogP contribution in [0.4, 0.5) is 11.4 Å². The highest BCUT2D eigenvalue weighted by molar-refractivity contribution is 5.87. The zero-order valence-corrected chi connectivity index (χ0v) is 13.0. The molecule has 0 spiro atoms. The van der Waals surface area contributed by atoms with E-state index in [1.165, 1.54) is 6.07 Å². The van der Waals surface area contributed by atoms with E-state index in [0.29, 0.717) is 5.57 Å². The lowest BCUT2D eigenvalue weighted by Gasteiger charge is -2.06.